The first-order valence-electron chi connectivity index (χ1n) is 11.2. The van der Waals surface area contributed by atoms with E-state index in [1.165, 1.54) is 11.3 Å². The summed E-state index contributed by atoms with van der Waals surface area (Å²) in [5.41, 5.74) is 2.16. The van der Waals surface area contributed by atoms with Crippen molar-refractivity contribution >= 4 is 46.6 Å². The lowest BCUT2D eigenvalue weighted by molar-refractivity contribution is -0.139. The normalized spacial score (nSPS) is 15.6. The summed E-state index contributed by atoms with van der Waals surface area (Å²) >= 11 is 13.4. The maximum Gasteiger partial charge on any atom is 0.338 e. The smallest absolute Gasteiger partial charge is 0.338 e. The van der Waals surface area contributed by atoms with E-state index in [0.29, 0.717) is 42.2 Å². The van der Waals surface area contributed by atoms with Crippen LogP contribution in [0.25, 0.3) is 17.4 Å². The van der Waals surface area contributed by atoms with E-state index < -0.39 is 12.0 Å². The average Bonchev–Trinajstić information content (AvgIpc) is 3.45. The van der Waals surface area contributed by atoms with Gasteiger partial charge in [-0.1, -0.05) is 64.9 Å². The van der Waals surface area contributed by atoms with E-state index in [4.69, 9.17) is 32.4 Å². The predicted octanol–water partition coefficient (Wildman–Crippen LogP) is 5.37. The number of benzene rings is 2. The van der Waals surface area contributed by atoms with Gasteiger partial charge in [0.1, 0.15) is 11.5 Å². The lowest BCUT2D eigenvalue weighted by atomic mass is 9.96. The number of fused-ring (bicyclic) bond motifs is 1. The third kappa shape index (κ3) is 4.46. The fraction of sp³-hybridized carbons (Fsp3) is 0.148. The molecular weight excluding hydrogens is 519 g/mol. The van der Waals surface area contributed by atoms with Crippen molar-refractivity contribution in [2.24, 2.45) is 4.99 Å². The van der Waals surface area contributed by atoms with Crippen LogP contribution in [0, 0.1) is 0 Å². The molecule has 0 spiro atoms. The summed E-state index contributed by atoms with van der Waals surface area (Å²) in [6.45, 7) is 3.73. The summed E-state index contributed by atoms with van der Waals surface area (Å²) in [7, 11) is 0. The van der Waals surface area contributed by atoms with Crippen molar-refractivity contribution in [2.45, 2.75) is 19.9 Å². The summed E-state index contributed by atoms with van der Waals surface area (Å²) < 4.78 is 13.3. The summed E-state index contributed by atoms with van der Waals surface area (Å²) in [4.78, 5) is 31.6. The van der Waals surface area contributed by atoms with Gasteiger partial charge in [-0.3, -0.25) is 9.36 Å². The van der Waals surface area contributed by atoms with E-state index in [2.05, 4.69) is 4.99 Å². The second-order valence-electron chi connectivity index (χ2n) is 8.04. The van der Waals surface area contributed by atoms with E-state index in [9.17, 15) is 9.59 Å². The molecule has 0 aliphatic carbocycles. The van der Waals surface area contributed by atoms with Gasteiger partial charge in [-0.2, -0.15) is 0 Å². The minimum absolute atomic E-state index is 0.223. The fourth-order valence-electron chi connectivity index (χ4n) is 4.11. The first-order chi connectivity index (χ1) is 17.4. The van der Waals surface area contributed by atoms with Gasteiger partial charge in [-0.15, -0.1) is 0 Å². The molecule has 2 aromatic carbocycles. The molecule has 0 radical (unpaired) electrons. The Hall–Kier alpha value is -3.39. The third-order valence-electron chi connectivity index (χ3n) is 5.74. The minimum atomic E-state index is -0.646. The lowest BCUT2D eigenvalue weighted by Crippen LogP contribution is -2.39. The molecule has 0 saturated heterocycles. The van der Waals surface area contributed by atoms with Gasteiger partial charge in [0.25, 0.3) is 5.56 Å². The van der Waals surface area contributed by atoms with Gasteiger partial charge in [0.15, 0.2) is 4.80 Å². The van der Waals surface area contributed by atoms with Crippen LogP contribution in [0.3, 0.4) is 0 Å². The molecule has 0 saturated carbocycles. The number of carbonyl (C=O) groups excluding carboxylic acids is 1. The van der Waals surface area contributed by atoms with Gasteiger partial charge in [0, 0.05) is 11.6 Å². The fourth-order valence-corrected chi connectivity index (χ4v) is 5.43. The van der Waals surface area contributed by atoms with Crippen molar-refractivity contribution in [3.63, 3.8) is 0 Å². The quantitative estimate of drug-likeness (QED) is 0.320. The number of rotatable bonds is 5. The Bertz CT molecular complexity index is 1680. The van der Waals surface area contributed by atoms with Crippen molar-refractivity contribution in [3.05, 3.63) is 113 Å². The van der Waals surface area contributed by atoms with E-state index in [-0.39, 0.29) is 12.2 Å². The zero-order valence-electron chi connectivity index (χ0n) is 19.3. The molecule has 0 amide bonds. The third-order valence-corrected chi connectivity index (χ3v) is 7.46. The number of aromatic nitrogens is 1. The summed E-state index contributed by atoms with van der Waals surface area (Å²) in [5.74, 6) is 0.605. The molecule has 2 aromatic heterocycles. The highest BCUT2D eigenvalue weighted by atomic mass is 35.5. The Morgan fingerprint density at radius 1 is 1.14 bits per heavy atom. The predicted molar refractivity (Wildman–Crippen MR) is 141 cm³/mol. The lowest BCUT2D eigenvalue weighted by Gasteiger charge is -2.24. The maximum atomic E-state index is 13.6. The number of esters is 1. The van der Waals surface area contributed by atoms with Crippen molar-refractivity contribution < 1.29 is 13.9 Å². The highest BCUT2D eigenvalue weighted by molar-refractivity contribution is 7.07. The molecule has 0 N–H and O–H groups in total. The van der Waals surface area contributed by atoms with Gasteiger partial charge in [-0.05, 0) is 49.7 Å². The molecule has 182 valence electrons. The number of nitrogens with zero attached hydrogens (tertiary/aromatic N) is 2. The van der Waals surface area contributed by atoms with Crippen LogP contribution in [0.5, 0.6) is 0 Å². The molecule has 9 heteroatoms. The SMILES string of the molecule is CCOC(=O)C1=C(C)N=c2s/c(=C\c3ccc(-c4ccc(Cl)c(Cl)c4)o3)c(=O)n2[C@@H]1c1ccccc1. The summed E-state index contributed by atoms with van der Waals surface area (Å²) in [5, 5.41) is 0.882. The molecule has 0 bridgehead atoms. The molecule has 36 heavy (non-hydrogen) atoms. The number of allylic oxidation sites excluding steroid dienone is 1. The van der Waals surface area contributed by atoms with E-state index in [1.54, 1.807) is 48.8 Å². The zero-order valence-corrected chi connectivity index (χ0v) is 21.7. The number of thiazole rings is 1. The highest BCUT2D eigenvalue weighted by Crippen LogP contribution is 2.31. The van der Waals surface area contributed by atoms with Gasteiger partial charge >= 0.3 is 5.97 Å². The Labute approximate surface area is 220 Å². The summed E-state index contributed by atoms with van der Waals surface area (Å²) in [6.07, 6.45) is 1.68. The van der Waals surface area contributed by atoms with Crippen LogP contribution < -0.4 is 14.9 Å². The summed E-state index contributed by atoms with van der Waals surface area (Å²) in [6, 6.07) is 17.6. The molecule has 0 fully saturated rings. The molecule has 6 nitrogen and oxygen atoms in total. The molecule has 3 heterocycles. The molecule has 4 aromatic rings. The molecule has 1 atom stereocenters. The average molecular weight is 539 g/mol. The van der Waals surface area contributed by atoms with Crippen molar-refractivity contribution in [1.29, 1.82) is 0 Å². The van der Waals surface area contributed by atoms with E-state index in [1.807, 2.05) is 36.4 Å². The Morgan fingerprint density at radius 3 is 2.64 bits per heavy atom. The second-order valence-corrected chi connectivity index (χ2v) is 9.87. The minimum Gasteiger partial charge on any atom is -0.463 e. The van der Waals surface area contributed by atoms with Gasteiger partial charge in [0.05, 0.1) is 38.5 Å². The Kier molecular flexibility index (Phi) is 6.71. The second kappa shape index (κ2) is 9.93. The first-order valence-corrected chi connectivity index (χ1v) is 12.7. The molecule has 1 aliphatic rings. The highest BCUT2D eigenvalue weighted by Gasteiger charge is 2.33. The number of furan rings is 1. The van der Waals surface area contributed by atoms with Gasteiger partial charge in [-0.25, -0.2) is 9.79 Å². The number of hydrogen-bond acceptors (Lipinski definition) is 6. The van der Waals surface area contributed by atoms with Gasteiger partial charge in [0.2, 0.25) is 0 Å². The molecular formula is C27H20Cl2N2O4S. The van der Waals surface area contributed by atoms with Crippen LogP contribution in [0.4, 0.5) is 0 Å². The van der Waals surface area contributed by atoms with Crippen LogP contribution in [0.2, 0.25) is 10.0 Å². The molecule has 0 unspecified atom stereocenters. The van der Waals surface area contributed by atoms with Crippen LogP contribution in [-0.2, 0) is 9.53 Å². The molecule has 5 rings (SSSR count). The number of carbonyl (C=O) groups is 1. The van der Waals surface area contributed by atoms with Gasteiger partial charge < -0.3 is 9.15 Å². The van der Waals surface area contributed by atoms with Crippen LogP contribution >= 0.6 is 34.5 Å². The largest absolute Gasteiger partial charge is 0.463 e. The number of hydrogen-bond donors (Lipinski definition) is 0. The topological polar surface area (TPSA) is 73.8 Å². The van der Waals surface area contributed by atoms with Crippen LogP contribution in [-0.4, -0.2) is 17.1 Å². The van der Waals surface area contributed by atoms with Crippen molar-refractivity contribution in [1.82, 2.24) is 4.57 Å². The van der Waals surface area contributed by atoms with Crippen LogP contribution in [0.1, 0.15) is 31.2 Å². The Morgan fingerprint density at radius 2 is 1.92 bits per heavy atom. The zero-order chi connectivity index (χ0) is 25.4. The van der Waals surface area contributed by atoms with Crippen molar-refractivity contribution in [3.8, 4) is 11.3 Å². The molecule has 1 aliphatic heterocycles. The number of ether oxygens (including phenoxy) is 1. The van der Waals surface area contributed by atoms with E-state index in [0.717, 1.165) is 11.1 Å². The first kappa shape index (κ1) is 24.3. The maximum absolute atomic E-state index is 13.6. The van der Waals surface area contributed by atoms with Crippen LogP contribution in [0.15, 0.2) is 86.1 Å². The standard InChI is InChI=1S/C27H20Cl2N2O4S/c1-3-34-26(33)23-15(2)30-27-31(24(23)16-7-5-4-6-8-16)25(32)22(36-27)14-18-10-12-21(35-18)17-9-11-19(28)20(29)13-17/h4-14,24H,3H2,1-2H3/b22-14-/t24-/m1/s1. The Balaban J connectivity index is 1.62. The number of halogens is 2. The monoisotopic (exact) mass is 538 g/mol. The van der Waals surface area contributed by atoms with Crippen molar-refractivity contribution in [2.75, 3.05) is 6.61 Å². The van der Waals surface area contributed by atoms with E-state index >= 15 is 0 Å².